The van der Waals surface area contributed by atoms with Gasteiger partial charge in [0.05, 0.1) is 0 Å². The highest BCUT2D eigenvalue weighted by molar-refractivity contribution is 5.93. The van der Waals surface area contributed by atoms with Gasteiger partial charge in [-0.05, 0) is 49.4 Å². The highest BCUT2D eigenvalue weighted by atomic mass is 16.5. The van der Waals surface area contributed by atoms with E-state index in [4.69, 9.17) is 4.74 Å². The zero-order valence-corrected chi connectivity index (χ0v) is 16.0. The molecule has 0 atom stereocenters. The van der Waals surface area contributed by atoms with E-state index in [1.54, 1.807) is 24.3 Å². The quantitative estimate of drug-likeness (QED) is 0.687. The molecule has 146 valence electrons. The molecule has 0 radical (unpaired) electrons. The first-order valence-corrected chi connectivity index (χ1v) is 9.55. The summed E-state index contributed by atoms with van der Waals surface area (Å²) in [6, 6.07) is 6.64. The van der Waals surface area contributed by atoms with Gasteiger partial charge in [0, 0.05) is 24.2 Å². The maximum Gasteiger partial charge on any atom is 0.249 e. The number of carbonyl (C=O) groups is 1. The molecule has 0 bridgehead atoms. The van der Waals surface area contributed by atoms with Gasteiger partial charge in [-0.2, -0.15) is 4.98 Å². The lowest BCUT2D eigenvalue weighted by Crippen LogP contribution is -2.31. The molecule has 1 aliphatic heterocycles. The summed E-state index contributed by atoms with van der Waals surface area (Å²) in [7, 11) is 0. The molecule has 1 saturated heterocycles. The monoisotopic (exact) mass is 372 g/mol. The molecule has 2 aromatic rings. The number of hydrogen-bond donors (Lipinski definition) is 3. The van der Waals surface area contributed by atoms with E-state index >= 15 is 0 Å². The molecule has 3 rings (SSSR count). The fraction of sp³-hybridized carbons (Fsp3) is 0.550. The van der Waals surface area contributed by atoms with E-state index in [9.17, 15) is 9.90 Å². The van der Waals surface area contributed by atoms with Crippen molar-refractivity contribution in [2.24, 2.45) is 11.3 Å². The number of aromatic nitrogens is 3. The third kappa shape index (κ3) is 5.29. The zero-order chi connectivity index (χ0) is 19.3. The van der Waals surface area contributed by atoms with Crippen LogP contribution in [0.25, 0.3) is 11.4 Å². The van der Waals surface area contributed by atoms with Crippen molar-refractivity contribution in [3.63, 3.8) is 0 Å². The standard InChI is InChI=1S/C20H28N4O3/c1-20(2,11-3-4-14-9-12-27-13-10-14)18(26)22-19-21-17(23-24-19)15-5-7-16(25)8-6-15/h5-8,14,25H,3-4,9-13H2,1-2H3,(H2,21,22,23,24,26). The predicted molar refractivity (Wildman–Crippen MR) is 103 cm³/mol. The molecule has 7 nitrogen and oxygen atoms in total. The van der Waals surface area contributed by atoms with Crippen LogP contribution in [0.3, 0.4) is 0 Å². The van der Waals surface area contributed by atoms with Gasteiger partial charge in [-0.25, -0.2) is 0 Å². The van der Waals surface area contributed by atoms with Crippen molar-refractivity contribution in [1.29, 1.82) is 0 Å². The predicted octanol–water partition coefficient (Wildman–Crippen LogP) is 3.74. The summed E-state index contributed by atoms with van der Waals surface area (Å²) in [5, 5.41) is 19.1. The van der Waals surface area contributed by atoms with Gasteiger partial charge in [-0.3, -0.25) is 15.2 Å². The number of hydrogen-bond acceptors (Lipinski definition) is 5. The number of carbonyl (C=O) groups excluding carboxylic acids is 1. The van der Waals surface area contributed by atoms with Gasteiger partial charge in [-0.15, -0.1) is 5.10 Å². The molecule has 27 heavy (non-hydrogen) atoms. The Morgan fingerprint density at radius 2 is 2.00 bits per heavy atom. The summed E-state index contributed by atoms with van der Waals surface area (Å²) >= 11 is 0. The molecule has 1 fully saturated rings. The van der Waals surface area contributed by atoms with Gasteiger partial charge in [0.2, 0.25) is 11.9 Å². The number of ether oxygens (including phenoxy) is 1. The summed E-state index contributed by atoms with van der Waals surface area (Å²) in [5.41, 5.74) is 0.307. The van der Waals surface area contributed by atoms with Gasteiger partial charge in [0.15, 0.2) is 5.82 Å². The molecule has 1 aromatic heterocycles. The number of anilines is 1. The molecule has 1 amide bonds. The van der Waals surface area contributed by atoms with E-state index in [-0.39, 0.29) is 17.6 Å². The molecule has 0 aliphatic carbocycles. The largest absolute Gasteiger partial charge is 0.508 e. The molecule has 7 heteroatoms. The van der Waals surface area contributed by atoms with Crippen LogP contribution in [0.2, 0.25) is 0 Å². The van der Waals surface area contributed by atoms with Crippen LogP contribution in [-0.4, -0.2) is 39.4 Å². The second-order valence-electron chi connectivity index (χ2n) is 7.84. The highest BCUT2D eigenvalue weighted by Gasteiger charge is 2.28. The van der Waals surface area contributed by atoms with Crippen molar-refractivity contribution in [2.75, 3.05) is 18.5 Å². The molecular weight excluding hydrogens is 344 g/mol. The molecule has 1 aromatic carbocycles. The Labute approximate surface area is 159 Å². The normalized spacial score (nSPS) is 15.6. The number of phenols is 1. The molecule has 2 heterocycles. The number of rotatable bonds is 7. The Kier molecular flexibility index (Phi) is 6.11. The van der Waals surface area contributed by atoms with E-state index < -0.39 is 5.41 Å². The summed E-state index contributed by atoms with van der Waals surface area (Å²) < 4.78 is 5.40. The minimum absolute atomic E-state index is 0.0780. The fourth-order valence-electron chi connectivity index (χ4n) is 3.32. The number of aromatic amines is 1. The summed E-state index contributed by atoms with van der Waals surface area (Å²) in [6.45, 7) is 5.64. The van der Waals surface area contributed by atoms with Crippen LogP contribution in [0.1, 0.15) is 46.0 Å². The van der Waals surface area contributed by atoms with Crippen LogP contribution in [0.5, 0.6) is 5.75 Å². The van der Waals surface area contributed by atoms with Crippen molar-refractivity contribution in [2.45, 2.75) is 46.0 Å². The third-order valence-electron chi connectivity index (χ3n) is 5.22. The number of benzene rings is 1. The second kappa shape index (κ2) is 8.52. The lowest BCUT2D eigenvalue weighted by molar-refractivity contribution is -0.124. The Hall–Kier alpha value is -2.41. The molecular formula is C20H28N4O3. The van der Waals surface area contributed by atoms with E-state index in [0.29, 0.717) is 5.82 Å². The van der Waals surface area contributed by atoms with Crippen LogP contribution in [0.15, 0.2) is 24.3 Å². The third-order valence-corrected chi connectivity index (χ3v) is 5.22. The van der Waals surface area contributed by atoms with Crippen molar-refractivity contribution in [3.05, 3.63) is 24.3 Å². The molecule has 0 saturated carbocycles. The van der Waals surface area contributed by atoms with Crippen LogP contribution in [0.4, 0.5) is 5.95 Å². The topological polar surface area (TPSA) is 100 Å². The van der Waals surface area contributed by atoms with E-state index in [0.717, 1.165) is 56.8 Å². The van der Waals surface area contributed by atoms with Crippen LogP contribution < -0.4 is 5.32 Å². The number of nitrogens with one attached hydrogen (secondary N) is 2. The Morgan fingerprint density at radius 3 is 2.70 bits per heavy atom. The average molecular weight is 372 g/mol. The van der Waals surface area contributed by atoms with Crippen molar-refractivity contribution in [1.82, 2.24) is 15.2 Å². The summed E-state index contributed by atoms with van der Waals surface area (Å²) in [6.07, 6.45) is 5.25. The SMILES string of the molecule is CC(C)(CCCC1CCOCC1)C(=O)Nc1n[nH]c(-c2ccc(O)cc2)n1. The Morgan fingerprint density at radius 1 is 1.30 bits per heavy atom. The van der Waals surface area contributed by atoms with Crippen LogP contribution in [0, 0.1) is 11.3 Å². The number of phenolic OH excluding ortho intramolecular Hbond substituents is 1. The average Bonchev–Trinajstić information content (AvgIpc) is 3.11. The first-order chi connectivity index (χ1) is 12.9. The first-order valence-electron chi connectivity index (χ1n) is 9.55. The van der Waals surface area contributed by atoms with Gasteiger partial charge in [-0.1, -0.05) is 26.7 Å². The van der Waals surface area contributed by atoms with Gasteiger partial charge in [0.25, 0.3) is 0 Å². The van der Waals surface area contributed by atoms with E-state index in [1.807, 2.05) is 13.8 Å². The smallest absolute Gasteiger partial charge is 0.249 e. The number of amides is 1. The maximum absolute atomic E-state index is 12.6. The maximum atomic E-state index is 12.6. The van der Waals surface area contributed by atoms with Gasteiger partial charge < -0.3 is 9.84 Å². The van der Waals surface area contributed by atoms with Crippen molar-refractivity contribution in [3.8, 4) is 17.1 Å². The van der Waals surface area contributed by atoms with Crippen LogP contribution in [-0.2, 0) is 9.53 Å². The van der Waals surface area contributed by atoms with Gasteiger partial charge >= 0.3 is 0 Å². The first kappa shape index (κ1) is 19.4. The van der Waals surface area contributed by atoms with Gasteiger partial charge in [0.1, 0.15) is 5.75 Å². The molecule has 3 N–H and O–H groups in total. The molecule has 1 aliphatic rings. The summed E-state index contributed by atoms with van der Waals surface area (Å²) in [4.78, 5) is 17.0. The molecule has 0 unspecified atom stereocenters. The Balaban J connectivity index is 1.51. The van der Waals surface area contributed by atoms with E-state index in [2.05, 4.69) is 20.5 Å². The second-order valence-corrected chi connectivity index (χ2v) is 7.84. The van der Waals surface area contributed by atoms with Crippen LogP contribution >= 0.6 is 0 Å². The number of H-pyrrole nitrogens is 1. The minimum Gasteiger partial charge on any atom is -0.508 e. The lowest BCUT2D eigenvalue weighted by Gasteiger charge is -2.25. The zero-order valence-electron chi connectivity index (χ0n) is 16.0. The minimum atomic E-state index is -0.482. The Bertz CT molecular complexity index is 749. The lowest BCUT2D eigenvalue weighted by atomic mass is 9.83. The number of nitrogens with zero attached hydrogens (tertiary/aromatic N) is 2. The fourth-order valence-corrected chi connectivity index (χ4v) is 3.32. The molecule has 0 spiro atoms. The number of aromatic hydroxyl groups is 1. The summed E-state index contributed by atoms with van der Waals surface area (Å²) in [5.74, 6) is 1.64. The highest BCUT2D eigenvalue weighted by Crippen LogP contribution is 2.29. The van der Waals surface area contributed by atoms with E-state index in [1.165, 1.54) is 0 Å². The van der Waals surface area contributed by atoms with Crippen molar-refractivity contribution >= 4 is 11.9 Å². The van der Waals surface area contributed by atoms with Crippen molar-refractivity contribution < 1.29 is 14.6 Å².